The van der Waals surface area contributed by atoms with Crippen molar-refractivity contribution in [1.82, 2.24) is 0 Å². The third-order valence-corrected chi connectivity index (χ3v) is 4.63. The summed E-state index contributed by atoms with van der Waals surface area (Å²) in [4.78, 5) is 0. The lowest BCUT2D eigenvalue weighted by Crippen LogP contribution is -2.31. The monoisotopic (exact) mass is 252 g/mol. The Morgan fingerprint density at radius 3 is 2.53 bits per heavy atom. The number of rotatable bonds is 2. The Labute approximate surface area is 109 Å². The van der Waals surface area contributed by atoms with Gasteiger partial charge in [0.2, 0.25) is 0 Å². The first-order chi connectivity index (χ1) is 8.05. The van der Waals surface area contributed by atoms with Gasteiger partial charge in [-0.05, 0) is 55.7 Å². The number of aliphatic hydroxyl groups is 1. The van der Waals surface area contributed by atoms with E-state index in [1.165, 1.54) is 6.42 Å². The number of hydrogen-bond donors (Lipinski definition) is 1. The van der Waals surface area contributed by atoms with Crippen LogP contribution in [0.3, 0.4) is 0 Å². The predicted molar refractivity (Wildman–Crippen MR) is 72.3 cm³/mol. The average molecular weight is 253 g/mol. The molecular weight excluding hydrogens is 232 g/mol. The number of benzene rings is 1. The van der Waals surface area contributed by atoms with E-state index in [0.717, 1.165) is 47.8 Å². The second kappa shape index (κ2) is 4.99. The smallest absolute Gasteiger partial charge is 0.0897 e. The van der Waals surface area contributed by atoms with Gasteiger partial charge in [0.05, 0.1) is 5.60 Å². The van der Waals surface area contributed by atoms with Gasteiger partial charge in [-0.3, -0.25) is 0 Å². The molecule has 0 aliphatic heterocycles. The van der Waals surface area contributed by atoms with Crippen molar-refractivity contribution in [2.24, 2.45) is 5.92 Å². The number of aryl methyl sites for hydroxylation is 1. The summed E-state index contributed by atoms with van der Waals surface area (Å²) in [7, 11) is 0. The molecule has 1 fully saturated rings. The molecule has 2 rings (SSSR count). The van der Waals surface area contributed by atoms with Gasteiger partial charge in [-0.25, -0.2) is 0 Å². The highest BCUT2D eigenvalue weighted by Gasteiger charge is 2.34. The second-order valence-corrected chi connectivity index (χ2v) is 5.75. The zero-order valence-corrected chi connectivity index (χ0v) is 11.4. The van der Waals surface area contributed by atoms with E-state index in [9.17, 15) is 5.11 Å². The van der Waals surface area contributed by atoms with Crippen molar-refractivity contribution in [3.8, 4) is 0 Å². The Kier molecular flexibility index (Phi) is 3.79. The van der Waals surface area contributed by atoms with Crippen molar-refractivity contribution in [3.63, 3.8) is 0 Å². The first kappa shape index (κ1) is 12.9. The van der Waals surface area contributed by atoms with Gasteiger partial charge in [-0.2, -0.15) is 0 Å². The van der Waals surface area contributed by atoms with Gasteiger partial charge in [-0.15, -0.1) is 0 Å². The van der Waals surface area contributed by atoms with Crippen LogP contribution in [0.2, 0.25) is 5.02 Å². The van der Waals surface area contributed by atoms with Crippen LogP contribution < -0.4 is 0 Å². The minimum atomic E-state index is -0.650. The van der Waals surface area contributed by atoms with E-state index >= 15 is 0 Å². The van der Waals surface area contributed by atoms with Crippen LogP contribution in [0.15, 0.2) is 18.2 Å². The topological polar surface area (TPSA) is 20.2 Å². The molecule has 0 bridgehead atoms. The summed E-state index contributed by atoms with van der Waals surface area (Å²) >= 11 is 6.14. The van der Waals surface area contributed by atoms with Crippen LogP contribution in [0, 0.1) is 12.8 Å². The van der Waals surface area contributed by atoms with E-state index in [0.29, 0.717) is 0 Å². The lowest BCUT2D eigenvalue weighted by atomic mass is 9.74. The summed E-state index contributed by atoms with van der Waals surface area (Å²) in [6.07, 6.45) is 5.21. The Morgan fingerprint density at radius 2 is 2.00 bits per heavy atom. The molecule has 0 heterocycles. The van der Waals surface area contributed by atoms with Crippen LogP contribution in [-0.4, -0.2) is 5.11 Å². The van der Waals surface area contributed by atoms with E-state index in [1.807, 2.05) is 25.1 Å². The van der Waals surface area contributed by atoms with Crippen LogP contribution in [0.4, 0.5) is 0 Å². The molecule has 94 valence electrons. The van der Waals surface area contributed by atoms with E-state index in [-0.39, 0.29) is 0 Å². The largest absolute Gasteiger partial charge is 0.385 e. The van der Waals surface area contributed by atoms with E-state index in [1.54, 1.807) is 0 Å². The second-order valence-electron chi connectivity index (χ2n) is 5.35. The standard InChI is InChI=1S/C15H21ClO/c1-3-12-6-8-15(17,9-7-12)13-5-4-11(2)14(16)10-13/h4-5,10,12,17H,3,6-9H2,1-2H3. The van der Waals surface area contributed by atoms with Crippen LogP contribution in [0.25, 0.3) is 0 Å². The van der Waals surface area contributed by atoms with E-state index in [4.69, 9.17) is 11.6 Å². The number of halogens is 1. The normalized spacial score (nSPS) is 29.3. The highest BCUT2D eigenvalue weighted by molar-refractivity contribution is 6.31. The molecule has 1 aliphatic rings. The quantitative estimate of drug-likeness (QED) is 0.825. The van der Waals surface area contributed by atoms with Crippen molar-refractivity contribution in [1.29, 1.82) is 0 Å². The number of hydrogen-bond acceptors (Lipinski definition) is 1. The van der Waals surface area contributed by atoms with Crippen LogP contribution in [0.1, 0.15) is 50.2 Å². The van der Waals surface area contributed by atoms with Crippen molar-refractivity contribution < 1.29 is 5.11 Å². The highest BCUT2D eigenvalue weighted by atomic mass is 35.5. The molecule has 0 saturated heterocycles. The van der Waals surface area contributed by atoms with Crippen molar-refractivity contribution in [2.45, 2.75) is 51.6 Å². The van der Waals surface area contributed by atoms with Crippen LogP contribution in [0.5, 0.6) is 0 Å². The fourth-order valence-electron chi connectivity index (χ4n) is 2.73. The lowest BCUT2D eigenvalue weighted by Gasteiger charge is -2.36. The van der Waals surface area contributed by atoms with Crippen LogP contribution in [-0.2, 0) is 5.60 Å². The molecule has 0 spiro atoms. The fraction of sp³-hybridized carbons (Fsp3) is 0.600. The van der Waals surface area contributed by atoms with Crippen LogP contribution >= 0.6 is 11.6 Å². The Balaban J connectivity index is 2.18. The molecule has 1 aromatic rings. The molecule has 0 radical (unpaired) electrons. The zero-order valence-electron chi connectivity index (χ0n) is 10.7. The first-order valence-electron chi connectivity index (χ1n) is 6.54. The molecule has 0 unspecified atom stereocenters. The summed E-state index contributed by atoms with van der Waals surface area (Å²) in [5, 5.41) is 11.5. The molecule has 1 nitrogen and oxygen atoms in total. The molecule has 17 heavy (non-hydrogen) atoms. The third-order valence-electron chi connectivity index (χ3n) is 4.22. The average Bonchev–Trinajstić information content (AvgIpc) is 2.33. The Bertz CT molecular complexity index is 392. The van der Waals surface area contributed by atoms with E-state index in [2.05, 4.69) is 6.92 Å². The maximum absolute atomic E-state index is 10.7. The Hall–Kier alpha value is -0.530. The van der Waals surface area contributed by atoms with Gasteiger partial charge in [-0.1, -0.05) is 37.1 Å². The first-order valence-corrected chi connectivity index (χ1v) is 6.92. The maximum atomic E-state index is 10.7. The molecule has 1 saturated carbocycles. The molecule has 1 aromatic carbocycles. The Morgan fingerprint density at radius 1 is 1.35 bits per heavy atom. The lowest BCUT2D eigenvalue weighted by molar-refractivity contribution is -0.0145. The summed E-state index contributed by atoms with van der Waals surface area (Å²) in [5.74, 6) is 0.788. The van der Waals surface area contributed by atoms with E-state index < -0.39 is 5.60 Å². The highest BCUT2D eigenvalue weighted by Crippen LogP contribution is 2.41. The fourth-order valence-corrected chi connectivity index (χ4v) is 2.91. The van der Waals surface area contributed by atoms with Gasteiger partial charge in [0.1, 0.15) is 0 Å². The van der Waals surface area contributed by atoms with Gasteiger partial charge < -0.3 is 5.11 Å². The molecular formula is C15H21ClO. The van der Waals surface area contributed by atoms with Crippen molar-refractivity contribution in [3.05, 3.63) is 34.3 Å². The molecule has 2 heteroatoms. The van der Waals surface area contributed by atoms with Crippen molar-refractivity contribution in [2.75, 3.05) is 0 Å². The maximum Gasteiger partial charge on any atom is 0.0897 e. The SMILES string of the molecule is CCC1CCC(O)(c2ccc(C)c(Cl)c2)CC1. The van der Waals surface area contributed by atoms with Gasteiger partial charge in [0, 0.05) is 5.02 Å². The molecule has 0 aromatic heterocycles. The predicted octanol–water partition coefficient (Wildman–Crippen LogP) is 4.44. The molecule has 1 N–H and O–H groups in total. The zero-order chi connectivity index (χ0) is 12.5. The summed E-state index contributed by atoms with van der Waals surface area (Å²) < 4.78 is 0. The minimum absolute atomic E-state index is 0.650. The van der Waals surface area contributed by atoms with Gasteiger partial charge in [0.15, 0.2) is 0 Å². The summed E-state index contributed by atoms with van der Waals surface area (Å²) in [6, 6.07) is 5.96. The molecule has 0 amide bonds. The molecule has 1 aliphatic carbocycles. The molecule has 0 atom stereocenters. The van der Waals surface area contributed by atoms with Gasteiger partial charge in [0.25, 0.3) is 0 Å². The third kappa shape index (κ3) is 2.66. The van der Waals surface area contributed by atoms with Crippen molar-refractivity contribution >= 4 is 11.6 Å². The summed E-state index contributed by atoms with van der Waals surface area (Å²) in [5.41, 5.74) is 1.41. The minimum Gasteiger partial charge on any atom is -0.385 e. The van der Waals surface area contributed by atoms with Gasteiger partial charge >= 0.3 is 0 Å². The summed E-state index contributed by atoms with van der Waals surface area (Å²) in [6.45, 7) is 4.22.